The molecule has 0 bridgehead atoms. The number of amides is 2. The average molecular weight is 382 g/mol. The third-order valence-electron chi connectivity index (χ3n) is 4.68. The zero-order valence-electron chi connectivity index (χ0n) is 15.5. The fourth-order valence-electron chi connectivity index (χ4n) is 3.46. The van der Waals surface area contributed by atoms with Crippen LogP contribution < -0.4 is 10.6 Å². The van der Waals surface area contributed by atoms with E-state index in [2.05, 4.69) is 10.6 Å². The minimum absolute atomic E-state index is 0.0923. The summed E-state index contributed by atoms with van der Waals surface area (Å²) in [5.74, 6) is -1.85. The van der Waals surface area contributed by atoms with Gasteiger partial charge in [-0.1, -0.05) is 48.5 Å². The van der Waals surface area contributed by atoms with Crippen LogP contribution in [0.15, 0.2) is 48.5 Å². The van der Waals surface area contributed by atoms with E-state index in [1.54, 1.807) is 6.92 Å². The number of nitrogens with one attached hydrogen (secondary N) is 2. The predicted molar refractivity (Wildman–Crippen MR) is 103 cm³/mol. The molecule has 28 heavy (non-hydrogen) atoms. The Morgan fingerprint density at radius 1 is 1.04 bits per heavy atom. The third-order valence-corrected chi connectivity index (χ3v) is 4.68. The molecule has 2 aromatic carbocycles. The Morgan fingerprint density at radius 2 is 1.61 bits per heavy atom. The molecular weight excluding hydrogens is 360 g/mol. The van der Waals surface area contributed by atoms with Crippen LogP contribution in [-0.4, -0.2) is 42.3 Å². The summed E-state index contributed by atoms with van der Waals surface area (Å²) < 4.78 is 5.36. The Morgan fingerprint density at radius 3 is 2.14 bits per heavy atom. The first-order chi connectivity index (χ1) is 13.5. The molecule has 146 valence electrons. The Kier molecular flexibility index (Phi) is 5.93. The van der Waals surface area contributed by atoms with E-state index in [9.17, 15) is 14.4 Å². The van der Waals surface area contributed by atoms with E-state index in [-0.39, 0.29) is 12.5 Å². The predicted octanol–water partition coefficient (Wildman–Crippen LogP) is 2.50. The summed E-state index contributed by atoms with van der Waals surface area (Å²) in [6.45, 7) is 2.14. The van der Waals surface area contributed by atoms with Crippen molar-refractivity contribution in [3.05, 3.63) is 59.7 Å². The van der Waals surface area contributed by atoms with Crippen molar-refractivity contribution in [3.63, 3.8) is 0 Å². The lowest BCUT2D eigenvalue weighted by Crippen LogP contribution is -2.48. The summed E-state index contributed by atoms with van der Waals surface area (Å²) in [6, 6.07) is 14.7. The Labute approximate surface area is 162 Å². The molecule has 1 aliphatic rings. The van der Waals surface area contributed by atoms with Crippen LogP contribution in [0, 0.1) is 0 Å². The van der Waals surface area contributed by atoms with Gasteiger partial charge in [-0.3, -0.25) is 9.59 Å². The van der Waals surface area contributed by atoms with E-state index in [1.165, 1.54) is 0 Å². The van der Waals surface area contributed by atoms with Gasteiger partial charge in [-0.05, 0) is 29.2 Å². The second-order valence-electron chi connectivity index (χ2n) is 6.51. The number of aliphatic carboxylic acids is 1. The molecule has 0 saturated heterocycles. The lowest BCUT2D eigenvalue weighted by atomic mass is 9.98. The summed E-state index contributed by atoms with van der Waals surface area (Å²) in [6.07, 6.45) is -1.34. The van der Waals surface area contributed by atoms with Gasteiger partial charge in [0.05, 0.1) is 6.42 Å². The molecule has 0 fully saturated rings. The molecule has 1 atom stereocenters. The molecule has 7 nitrogen and oxygen atoms in total. The molecular formula is C21H22N2O5. The van der Waals surface area contributed by atoms with E-state index in [4.69, 9.17) is 9.84 Å². The van der Waals surface area contributed by atoms with Crippen molar-refractivity contribution in [2.24, 2.45) is 0 Å². The number of likely N-dealkylation sites (N-methyl/N-ethyl adjacent to an activating group) is 1. The number of carboxylic acid groups (broad SMARTS) is 1. The van der Waals surface area contributed by atoms with Gasteiger partial charge in [0.25, 0.3) is 0 Å². The van der Waals surface area contributed by atoms with Crippen molar-refractivity contribution in [1.82, 2.24) is 10.6 Å². The molecule has 0 aliphatic heterocycles. The SMILES string of the molecule is CCNC(=O)C(CC(=O)O)NC(=O)OCC1c2ccccc2-c2ccccc21. The fourth-order valence-corrected chi connectivity index (χ4v) is 3.46. The minimum Gasteiger partial charge on any atom is -0.481 e. The first-order valence-corrected chi connectivity index (χ1v) is 9.12. The summed E-state index contributed by atoms with van der Waals surface area (Å²) in [4.78, 5) is 35.1. The van der Waals surface area contributed by atoms with Crippen LogP contribution in [0.1, 0.15) is 30.4 Å². The standard InChI is InChI=1S/C21H22N2O5/c1-2-22-20(26)18(11-19(24)25)23-21(27)28-12-17-15-9-5-3-7-13(15)14-8-4-6-10-16(14)17/h3-10,17-18H,2,11-12H2,1H3,(H,22,26)(H,23,27)(H,24,25). The molecule has 0 heterocycles. The molecule has 1 aliphatic carbocycles. The topological polar surface area (TPSA) is 105 Å². The molecule has 3 rings (SSSR count). The number of alkyl carbamates (subject to hydrolysis) is 1. The van der Waals surface area contributed by atoms with Gasteiger partial charge in [0.1, 0.15) is 12.6 Å². The maximum absolute atomic E-state index is 12.2. The highest BCUT2D eigenvalue weighted by atomic mass is 16.5. The zero-order valence-corrected chi connectivity index (χ0v) is 15.5. The van der Waals surface area contributed by atoms with Crippen LogP contribution >= 0.6 is 0 Å². The van der Waals surface area contributed by atoms with Gasteiger partial charge in [0.2, 0.25) is 5.91 Å². The van der Waals surface area contributed by atoms with Crippen molar-refractivity contribution < 1.29 is 24.2 Å². The van der Waals surface area contributed by atoms with Crippen molar-refractivity contribution in [2.45, 2.75) is 25.3 Å². The molecule has 3 N–H and O–H groups in total. The molecule has 0 radical (unpaired) electrons. The van der Waals surface area contributed by atoms with Crippen LogP contribution in [-0.2, 0) is 14.3 Å². The third kappa shape index (κ3) is 4.14. The van der Waals surface area contributed by atoms with E-state index in [1.807, 2.05) is 48.5 Å². The van der Waals surface area contributed by atoms with Crippen molar-refractivity contribution in [3.8, 4) is 11.1 Å². The number of fused-ring (bicyclic) bond motifs is 3. The van der Waals surface area contributed by atoms with E-state index >= 15 is 0 Å². The summed E-state index contributed by atoms with van der Waals surface area (Å²) in [5, 5.41) is 13.8. The summed E-state index contributed by atoms with van der Waals surface area (Å²) in [7, 11) is 0. The van der Waals surface area contributed by atoms with Crippen LogP contribution in [0.5, 0.6) is 0 Å². The maximum atomic E-state index is 12.2. The number of carboxylic acids is 1. The number of rotatable bonds is 7. The van der Waals surface area contributed by atoms with Gasteiger partial charge in [-0.25, -0.2) is 4.79 Å². The van der Waals surface area contributed by atoms with Crippen molar-refractivity contribution in [2.75, 3.05) is 13.2 Å². The monoisotopic (exact) mass is 382 g/mol. The maximum Gasteiger partial charge on any atom is 0.407 e. The second-order valence-corrected chi connectivity index (χ2v) is 6.51. The molecule has 0 aromatic heterocycles. The summed E-state index contributed by atoms with van der Waals surface area (Å²) in [5.41, 5.74) is 4.36. The van der Waals surface area contributed by atoms with Gasteiger partial charge in [0.15, 0.2) is 0 Å². The Bertz CT molecular complexity index is 850. The molecule has 0 spiro atoms. The van der Waals surface area contributed by atoms with Crippen LogP contribution in [0.25, 0.3) is 11.1 Å². The highest BCUT2D eigenvalue weighted by Crippen LogP contribution is 2.44. The van der Waals surface area contributed by atoms with Gasteiger partial charge in [0, 0.05) is 12.5 Å². The molecule has 7 heteroatoms. The van der Waals surface area contributed by atoms with Gasteiger partial charge in [-0.15, -0.1) is 0 Å². The van der Waals surface area contributed by atoms with Crippen molar-refractivity contribution in [1.29, 1.82) is 0 Å². The first kappa shape index (κ1) is 19.4. The van der Waals surface area contributed by atoms with Gasteiger partial charge >= 0.3 is 12.1 Å². The fraction of sp³-hybridized carbons (Fsp3) is 0.286. The van der Waals surface area contributed by atoms with Crippen molar-refractivity contribution >= 4 is 18.0 Å². The number of benzene rings is 2. The smallest absolute Gasteiger partial charge is 0.407 e. The molecule has 1 unspecified atom stereocenters. The number of hydrogen-bond acceptors (Lipinski definition) is 4. The largest absolute Gasteiger partial charge is 0.481 e. The van der Waals surface area contributed by atoms with Gasteiger partial charge in [-0.2, -0.15) is 0 Å². The number of ether oxygens (including phenoxy) is 1. The van der Waals surface area contributed by atoms with E-state index < -0.39 is 30.4 Å². The summed E-state index contributed by atoms with van der Waals surface area (Å²) >= 11 is 0. The number of carbonyl (C=O) groups is 3. The lowest BCUT2D eigenvalue weighted by Gasteiger charge is -2.18. The van der Waals surface area contributed by atoms with Gasteiger partial charge < -0.3 is 20.5 Å². The quantitative estimate of drug-likeness (QED) is 0.682. The van der Waals surface area contributed by atoms with Crippen LogP contribution in [0.3, 0.4) is 0 Å². The molecule has 0 saturated carbocycles. The highest BCUT2D eigenvalue weighted by Gasteiger charge is 2.30. The lowest BCUT2D eigenvalue weighted by molar-refractivity contribution is -0.139. The van der Waals surface area contributed by atoms with Crippen LogP contribution in [0.2, 0.25) is 0 Å². The number of carbonyl (C=O) groups excluding carboxylic acids is 2. The normalized spacial score (nSPS) is 13.2. The van der Waals surface area contributed by atoms with Crippen LogP contribution in [0.4, 0.5) is 4.79 Å². The second kappa shape index (κ2) is 8.56. The molecule has 2 amide bonds. The average Bonchev–Trinajstić information content (AvgIpc) is 3.00. The zero-order chi connectivity index (χ0) is 20.1. The Hall–Kier alpha value is -3.35. The van der Waals surface area contributed by atoms with E-state index in [0.717, 1.165) is 22.3 Å². The molecule has 2 aromatic rings. The minimum atomic E-state index is -1.19. The Balaban J connectivity index is 1.69. The first-order valence-electron chi connectivity index (χ1n) is 9.12. The highest BCUT2D eigenvalue weighted by molar-refractivity contribution is 5.89. The number of hydrogen-bond donors (Lipinski definition) is 3. The van der Waals surface area contributed by atoms with E-state index in [0.29, 0.717) is 6.54 Å².